The molecule has 102 valence electrons. The molecule has 1 aliphatic carbocycles. The Labute approximate surface area is 109 Å². The number of ketones is 2. The average Bonchev–Trinajstić information content (AvgIpc) is 2.26. The largest absolute Gasteiger partial charge is 0.381 e. The minimum absolute atomic E-state index is 0.00694. The van der Waals surface area contributed by atoms with Gasteiger partial charge in [0.25, 0.3) is 0 Å². The summed E-state index contributed by atoms with van der Waals surface area (Å²) in [6.45, 7) is 7.37. The van der Waals surface area contributed by atoms with Crippen LogP contribution in [0, 0.1) is 11.8 Å². The first-order chi connectivity index (χ1) is 8.27. The molecular weight excluding hydrogens is 228 g/mol. The second-order valence-electron chi connectivity index (χ2n) is 5.85. The van der Waals surface area contributed by atoms with E-state index in [1.54, 1.807) is 13.8 Å². The van der Waals surface area contributed by atoms with Gasteiger partial charge in [-0.15, -0.1) is 0 Å². The van der Waals surface area contributed by atoms with Crippen molar-refractivity contribution in [3.8, 4) is 0 Å². The quantitative estimate of drug-likeness (QED) is 0.730. The molecular formula is C15H24O3. The van der Waals surface area contributed by atoms with Crippen LogP contribution in [0.15, 0.2) is 11.6 Å². The fourth-order valence-corrected chi connectivity index (χ4v) is 2.28. The zero-order chi connectivity index (χ0) is 13.9. The third-order valence-corrected chi connectivity index (χ3v) is 3.96. The molecule has 0 amide bonds. The molecule has 0 aromatic rings. The summed E-state index contributed by atoms with van der Waals surface area (Å²) < 4.78 is 0. The van der Waals surface area contributed by atoms with Gasteiger partial charge in [0.15, 0.2) is 5.78 Å². The molecule has 0 radical (unpaired) electrons. The van der Waals surface area contributed by atoms with Gasteiger partial charge in [0.2, 0.25) is 0 Å². The molecule has 0 saturated carbocycles. The van der Waals surface area contributed by atoms with Crippen LogP contribution in [0.25, 0.3) is 0 Å². The normalized spacial score (nSPS) is 34.3. The Morgan fingerprint density at radius 3 is 2.56 bits per heavy atom. The lowest BCUT2D eigenvalue weighted by Crippen LogP contribution is -2.46. The van der Waals surface area contributed by atoms with Crippen molar-refractivity contribution in [2.24, 2.45) is 11.8 Å². The van der Waals surface area contributed by atoms with Crippen molar-refractivity contribution in [3.05, 3.63) is 11.6 Å². The van der Waals surface area contributed by atoms with Crippen molar-refractivity contribution in [1.29, 1.82) is 0 Å². The summed E-state index contributed by atoms with van der Waals surface area (Å²) in [5.74, 6) is -0.570. The van der Waals surface area contributed by atoms with Gasteiger partial charge >= 0.3 is 0 Å². The van der Waals surface area contributed by atoms with Crippen LogP contribution in [0.5, 0.6) is 0 Å². The standard InChI is InChI=1S/C15H24O3/c1-10(2)15(18)9-13(16)12(4)7-5-6-11(3)8-14(15)17/h6,10,12,18H,5,7-9H2,1-4H3/b11-6+/t12-,15-/m0/s1. The molecule has 0 spiro atoms. The Balaban J connectivity index is 3.07. The highest BCUT2D eigenvalue weighted by molar-refractivity contribution is 5.95. The van der Waals surface area contributed by atoms with Crippen LogP contribution in [-0.4, -0.2) is 22.3 Å². The summed E-state index contributed by atoms with van der Waals surface area (Å²) in [4.78, 5) is 24.3. The third kappa shape index (κ3) is 3.29. The minimum Gasteiger partial charge on any atom is -0.381 e. The van der Waals surface area contributed by atoms with E-state index in [0.29, 0.717) is 0 Å². The maximum absolute atomic E-state index is 12.2. The molecule has 0 fully saturated rings. The second-order valence-corrected chi connectivity index (χ2v) is 5.85. The van der Waals surface area contributed by atoms with Crippen LogP contribution in [0.2, 0.25) is 0 Å². The van der Waals surface area contributed by atoms with E-state index in [9.17, 15) is 14.7 Å². The van der Waals surface area contributed by atoms with Crippen molar-refractivity contribution in [3.63, 3.8) is 0 Å². The maximum Gasteiger partial charge on any atom is 0.169 e. The van der Waals surface area contributed by atoms with Crippen LogP contribution >= 0.6 is 0 Å². The van der Waals surface area contributed by atoms with Gasteiger partial charge in [0, 0.05) is 18.8 Å². The smallest absolute Gasteiger partial charge is 0.169 e. The van der Waals surface area contributed by atoms with E-state index in [2.05, 4.69) is 0 Å². The van der Waals surface area contributed by atoms with Gasteiger partial charge in [-0.05, 0) is 25.7 Å². The van der Waals surface area contributed by atoms with E-state index < -0.39 is 5.60 Å². The van der Waals surface area contributed by atoms with Crippen LogP contribution in [0.3, 0.4) is 0 Å². The number of allylic oxidation sites excluding steroid dienone is 2. The molecule has 0 bridgehead atoms. The van der Waals surface area contributed by atoms with E-state index in [1.165, 1.54) is 0 Å². The van der Waals surface area contributed by atoms with Crippen molar-refractivity contribution in [2.75, 3.05) is 0 Å². The summed E-state index contributed by atoms with van der Waals surface area (Å²) in [5.41, 5.74) is -0.516. The average molecular weight is 252 g/mol. The van der Waals surface area contributed by atoms with Gasteiger partial charge in [-0.25, -0.2) is 0 Å². The molecule has 0 aromatic carbocycles. The van der Waals surface area contributed by atoms with Crippen molar-refractivity contribution >= 4 is 11.6 Å². The molecule has 0 unspecified atom stereocenters. The molecule has 3 nitrogen and oxygen atoms in total. The summed E-state index contributed by atoms with van der Waals surface area (Å²) in [7, 11) is 0. The van der Waals surface area contributed by atoms with E-state index >= 15 is 0 Å². The number of hydrogen-bond acceptors (Lipinski definition) is 3. The van der Waals surface area contributed by atoms with E-state index in [-0.39, 0.29) is 36.2 Å². The molecule has 1 N–H and O–H groups in total. The zero-order valence-electron chi connectivity index (χ0n) is 11.8. The molecule has 0 aliphatic heterocycles. The summed E-state index contributed by atoms with van der Waals surface area (Å²) in [6, 6.07) is 0. The summed E-state index contributed by atoms with van der Waals surface area (Å²) in [6.07, 6.45) is 3.83. The lowest BCUT2D eigenvalue weighted by molar-refractivity contribution is -0.148. The second kappa shape index (κ2) is 5.79. The number of carbonyl (C=O) groups is 2. The van der Waals surface area contributed by atoms with E-state index in [4.69, 9.17) is 0 Å². The summed E-state index contributed by atoms with van der Waals surface area (Å²) in [5, 5.41) is 10.5. The van der Waals surface area contributed by atoms with Crippen molar-refractivity contribution in [2.45, 2.75) is 59.0 Å². The first-order valence-electron chi connectivity index (χ1n) is 6.71. The molecule has 1 aliphatic rings. The Morgan fingerprint density at radius 1 is 1.39 bits per heavy atom. The molecule has 0 aromatic heterocycles. The first kappa shape index (κ1) is 15.1. The van der Waals surface area contributed by atoms with Gasteiger partial charge in [-0.1, -0.05) is 32.4 Å². The van der Waals surface area contributed by atoms with Gasteiger partial charge in [0.05, 0.1) is 0 Å². The highest BCUT2D eigenvalue weighted by atomic mass is 16.3. The number of carbonyl (C=O) groups excluding carboxylic acids is 2. The Hall–Kier alpha value is -0.960. The fourth-order valence-electron chi connectivity index (χ4n) is 2.28. The van der Waals surface area contributed by atoms with Crippen LogP contribution < -0.4 is 0 Å². The van der Waals surface area contributed by atoms with E-state index in [1.807, 2.05) is 19.9 Å². The number of rotatable bonds is 1. The maximum atomic E-state index is 12.2. The lowest BCUT2D eigenvalue weighted by Gasteiger charge is -2.31. The highest BCUT2D eigenvalue weighted by Gasteiger charge is 2.41. The SMILES string of the molecule is C/C1=C\CC[C@H](C)C(=O)C[C@](O)(C(C)C)C(=O)C1. The van der Waals surface area contributed by atoms with Gasteiger partial charge in [0.1, 0.15) is 11.4 Å². The Bertz CT molecular complexity index is 368. The summed E-state index contributed by atoms with van der Waals surface area (Å²) >= 11 is 0. The lowest BCUT2D eigenvalue weighted by atomic mass is 9.77. The molecule has 0 heterocycles. The minimum atomic E-state index is -1.50. The van der Waals surface area contributed by atoms with Gasteiger partial charge < -0.3 is 5.11 Å². The monoisotopic (exact) mass is 252 g/mol. The van der Waals surface area contributed by atoms with Gasteiger partial charge in [-0.3, -0.25) is 9.59 Å². The molecule has 18 heavy (non-hydrogen) atoms. The molecule has 1 rings (SSSR count). The number of aliphatic hydroxyl groups is 1. The molecule has 3 heteroatoms. The Morgan fingerprint density at radius 2 is 2.00 bits per heavy atom. The van der Waals surface area contributed by atoms with E-state index in [0.717, 1.165) is 18.4 Å². The molecule has 2 atom stereocenters. The number of Topliss-reactive ketones (excluding diaryl/α,β-unsaturated/α-hetero) is 2. The van der Waals surface area contributed by atoms with Gasteiger partial charge in [-0.2, -0.15) is 0 Å². The van der Waals surface area contributed by atoms with Crippen molar-refractivity contribution in [1.82, 2.24) is 0 Å². The molecule has 0 saturated heterocycles. The highest BCUT2D eigenvalue weighted by Crippen LogP contribution is 2.29. The number of hydrogen-bond donors (Lipinski definition) is 1. The zero-order valence-corrected chi connectivity index (χ0v) is 11.8. The topological polar surface area (TPSA) is 54.4 Å². The third-order valence-electron chi connectivity index (χ3n) is 3.96. The predicted octanol–water partition coefficient (Wildman–Crippen LogP) is 2.67. The Kier molecular flexibility index (Phi) is 4.85. The van der Waals surface area contributed by atoms with Crippen molar-refractivity contribution < 1.29 is 14.7 Å². The predicted molar refractivity (Wildman–Crippen MR) is 71.2 cm³/mol. The fraction of sp³-hybridized carbons (Fsp3) is 0.733. The first-order valence-corrected chi connectivity index (χ1v) is 6.71. The van der Waals surface area contributed by atoms with Crippen LogP contribution in [0.1, 0.15) is 53.4 Å². The van der Waals surface area contributed by atoms with Crippen LogP contribution in [0.4, 0.5) is 0 Å². The van der Waals surface area contributed by atoms with Crippen LogP contribution in [-0.2, 0) is 9.59 Å².